The second kappa shape index (κ2) is 31.1. The van der Waals surface area contributed by atoms with Crippen molar-refractivity contribution in [3.05, 3.63) is 73.8 Å². The molecule has 8 amide bonds. The van der Waals surface area contributed by atoms with Crippen molar-refractivity contribution in [1.82, 2.24) is 51.7 Å². The molecule has 1 aliphatic carbocycles. The van der Waals surface area contributed by atoms with Gasteiger partial charge in [-0.15, -0.1) is 0 Å². The van der Waals surface area contributed by atoms with E-state index in [1.807, 2.05) is 41.7 Å². The number of carbonyl (C=O) groups excluding carboxylic acids is 9. The molecule has 3 unspecified atom stereocenters. The van der Waals surface area contributed by atoms with Crippen LogP contribution in [-0.4, -0.2) is 185 Å². The second-order valence-corrected chi connectivity index (χ2v) is 21.7. The number of rotatable bonds is 27. The maximum absolute atomic E-state index is 15.3. The molecular formula is C55H76FN10O14Pb. The number of carbonyl (C=O) groups is 9. The van der Waals surface area contributed by atoms with E-state index in [9.17, 15) is 47.9 Å². The summed E-state index contributed by atoms with van der Waals surface area (Å²) in [6.45, 7) is 14.3. The Balaban J connectivity index is 0.000000827. The van der Waals surface area contributed by atoms with Crippen LogP contribution in [0.5, 0.6) is 0 Å². The Morgan fingerprint density at radius 1 is 0.889 bits per heavy atom. The van der Waals surface area contributed by atoms with E-state index in [1.165, 1.54) is 13.2 Å². The van der Waals surface area contributed by atoms with E-state index in [2.05, 4.69) is 51.1 Å². The molecule has 2 aliphatic heterocycles. The number of imide groups is 1. The average Bonchev–Trinajstić information content (AvgIpc) is 4.24. The predicted molar refractivity (Wildman–Crippen MR) is 297 cm³/mol. The number of pyridine rings is 2. The summed E-state index contributed by atoms with van der Waals surface area (Å²) in [6.07, 6.45) is 4.12. The molecular weight excluding hydrogens is 1250 g/mol. The first kappa shape index (κ1) is 67.1. The Bertz CT molecular complexity index is 2910. The molecule has 3 radical (unpaired) electrons. The van der Waals surface area contributed by atoms with Crippen molar-refractivity contribution in [2.75, 3.05) is 73.9 Å². The number of nitrogens with one attached hydrogen (secondary N) is 7. The van der Waals surface area contributed by atoms with E-state index in [4.69, 9.17) is 23.9 Å². The zero-order valence-corrected chi connectivity index (χ0v) is 51.8. The van der Waals surface area contributed by atoms with Crippen LogP contribution < -0.4 is 42.8 Å². The molecule has 1 aromatic carbocycles. The quantitative estimate of drug-likeness (QED) is 0.0142. The zero-order valence-electron chi connectivity index (χ0n) is 48.0. The van der Waals surface area contributed by atoms with Gasteiger partial charge in [0.2, 0.25) is 0 Å². The summed E-state index contributed by atoms with van der Waals surface area (Å²) < 4.78 is 38.9. The van der Waals surface area contributed by atoms with Crippen molar-refractivity contribution < 1.29 is 66.5 Å². The van der Waals surface area contributed by atoms with Crippen molar-refractivity contribution in [2.45, 2.75) is 121 Å². The van der Waals surface area contributed by atoms with Crippen LogP contribution >= 0.6 is 0 Å². The molecule has 0 bridgehead atoms. The number of benzene rings is 1. The first-order valence-corrected chi connectivity index (χ1v) is 29.3. The number of amides is 8. The topological polar surface area (TPSA) is 313 Å². The molecule has 441 valence electrons. The van der Waals surface area contributed by atoms with Crippen molar-refractivity contribution in [1.29, 1.82) is 0 Å². The Morgan fingerprint density at radius 3 is 2.15 bits per heavy atom. The van der Waals surface area contributed by atoms with Crippen LogP contribution in [0.4, 0.5) is 4.39 Å². The Labute approximate surface area is 486 Å². The minimum absolute atomic E-state index is 0.00542. The van der Waals surface area contributed by atoms with Gasteiger partial charge in [-0.2, -0.15) is 0 Å². The molecule has 26 heteroatoms. The number of likely N-dealkylation sites (N-methyl/N-ethyl adjacent to an activating group) is 1. The van der Waals surface area contributed by atoms with Crippen molar-refractivity contribution in [3.8, 4) is 11.4 Å². The second-order valence-electron chi connectivity index (χ2n) is 20.1. The smallest absolute Gasteiger partial charge is 0.376 e. The van der Waals surface area contributed by atoms with Crippen molar-refractivity contribution >= 4 is 90.2 Å². The summed E-state index contributed by atoms with van der Waals surface area (Å²) in [5.74, 6) is -6.38. The molecule has 0 fully saturated rings. The van der Waals surface area contributed by atoms with Crippen LogP contribution in [0.2, 0.25) is 3.98 Å². The molecule has 4 heterocycles. The number of fused-ring (bicyclic) bond motifs is 4. The fourth-order valence-corrected chi connectivity index (χ4v) is 10.1. The van der Waals surface area contributed by atoms with E-state index < -0.39 is 104 Å². The summed E-state index contributed by atoms with van der Waals surface area (Å²) in [5, 5.41) is 18.6. The molecule has 7 N–H and O–H groups in total. The molecule has 81 heavy (non-hydrogen) atoms. The molecule has 3 aromatic rings. The van der Waals surface area contributed by atoms with Gasteiger partial charge < -0.3 is 28.9 Å². The van der Waals surface area contributed by atoms with Gasteiger partial charge in [-0.1, -0.05) is 20.8 Å². The van der Waals surface area contributed by atoms with Crippen LogP contribution in [0.1, 0.15) is 107 Å². The standard InChI is InChI=1S/C43H47FN9O12.C10H23NO2.C2H6.Pb/c1-5-23(17-54)25-10-31-41-26(15-52(31)43(63)27(25)18-64-4)40-29(7-6-24-21(2)28(44)11-30(51-41)39(24)40)50-36(59)19-65-20-48-33(56)13-47-42(62)22(3)49-34(57)14-45-32(55)12-46-35(58)16-53-37(60)8-9-38(53)61;1-9(2,7-11-5)13-8-10(3,4)12-6;1-2;/h8-11,17,22-23,29H,3,5-7,12-16,18-20H2,1-2,4H3,(H,45,55)(H,46,58)(H,47,62)(H,48,56)(H,49,57)(H,50,59);11H,7-8H2,1-6H3;1-2H3;. The van der Waals surface area contributed by atoms with Gasteiger partial charge in [0.05, 0.1) is 53.9 Å². The van der Waals surface area contributed by atoms with Crippen LogP contribution in [0, 0.1) is 12.7 Å². The predicted octanol–water partition coefficient (Wildman–Crippen LogP) is 0.703. The van der Waals surface area contributed by atoms with E-state index in [0.29, 0.717) is 107 Å². The van der Waals surface area contributed by atoms with Crippen LogP contribution in [0.15, 0.2) is 29.1 Å². The monoisotopic (exact) mass is 1330 g/mol. The number of hydrogen-bond acceptors (Lipinski definition) is 16. The van der Waals surface area contributed by atoms with Crippen LogP contribution in [0.3, 0.4) is 0 Å². The number of ether oxygens (including phenoxy) is 4. The molecule has 0 saturated carbocycles. The number of aryl methyl sites for hydroxylation is 1. The van der Waals surface area contributed by atoms with Gasteiger partial charge >= 0.3 is 181 Å². The molecule has 6 rings (SSSR count). The number of nitrogens with zero attached hydrogens (tertiary/aromatic N) is 3. The number of halogens is 1. The summed E-state index contributed by atoms with van der Waals surface area (Å²) in [5.41, 5.74) is 4.14. The third-order valence-corrected chi connectivity index (χ3v) is 14.9. The van der Waals surface area contributed by atoms with Gasteiger partial charge in [0.15, 0.2) is 0 Å². The third-order valence-electron chi connectivity index (χ3n) is 13.3. The van der Waals surface area contributed by atoms with Crippen molar-refractivity contribution in [2.24, 2.45) is 0 Å². The van der Waals surface area contributed by atoms with Gasteiger partial charge in [0.25, 0.3) is 17.4 Å². The fraction of sp³-hybridized carbons (Fsp3) is 0.545. The van der Waals surface area contributed by atoms with Crippen molar-refractivity contribution in [3.63, 3.8) is 0 Å². The van der Waals surface area contributed by atoms with Gasteiger partial charge in [0.1, 0.15) is 12.1 Å². The van der Waals surface area contributed by atoms with E-state index in [-0.39, 0.29) is 40.6 Å². The third kappa shape index (κ3) is 18.0. The van der Waals surface area contributed by atoms with Gasteiger partial charge in [0, 0.05) is 61.4 Å². The molecule has 2 aromatic heterocycles. The summed E-state index contributed by atoms with van der Waals surface area (Å²) >= 11 is 0.488. The summed E-state index contributed by atoms with van der Waals surface area (Å²) in [7, 11) is 5.09. The number of aromatic nitrogens is 2. The van der Waals surface area contributed by atoms with Gasteiger partial charge in [-0.25, -0.2) is 9.37 Å². The van der Waals surface area contributed by atoms with E-state index in [0.717, 1.165) is 30.5 Å². The average molecular weight is 1330 g/mol. The molecule has 24 nitrogen and oxygen atoms in total. The Morgan fingerprint density at radius 2 is 1.53 bits per heavy atom. The van der Waals surface area contributed by atoms with E-state index >= 15 is 4.39 Å². The molecule has 3 atom stereocenters. The minimum Gasteiger partial charge on any atom is -0.376 e. The number of hydrogen-bond donors (Lipinski definition) is 7. The molecule has 0 saturated heterocycles. The Kier molecular flexibility index (Phi) is 25.8. The molecule has 3 aliphatic rings. The fourth-order valence-electron chi connectivity index (χ4n) is 8.95. The zero-order chi connectivity index (χ0) is 60.4. The summed E-state index contributed by atoms with van der Waals surface area (Å²) in [6, 6.07) is 1.54. The van der Waals surface area contributed by atoms with Gasteiger partial charge in [-0.05, 0) is 89.2 Å². The minimum atomic E-state index is -1.01. The maximum atomic E-state index is 15.3. The number of methoxy groups -OCH3 is 2. The summed E-state index contributed by atoms with van der Waals surface area (Å²) in [4.78, 5) is 130. The van der Waals surface area contributed by atoms with E-state index in [1.54, 1.807) is 24.7 Å². The van der Waals surface area contributed by atoms with Crippen LogP contribution in [0.25, 0.3) is 22.3 Å². The first-order valence-electron chi connectivity index (χ1n) is 26.5. The number of aldehydes is 1. The first-order chi connectivity index (χ1) is 38.4. The molecule has 0 spiro atoms. The van der Waals surface area contributed by atoms with Crippen LogP contribution in [-0.2, 0) is 81.7 Å². The SMILES string of the molecule is CC.CCC(C=O)c1cc2n(c(=O)c1COC)Cc1c-2nc2cc(F)c(C)c3c2c1C(NC(=O)COCNC(=O)CNC(=O)C([CH2][Pb])NC(=O)CNC(=O)CNC(=O)CN1C(=O)C=CC1=O)CC3.CNCC(C)(C)OCC(C)(C)OC. The normalized spacial score (nSPS) is 14.8. The Hall–Kier alpha value is -6.40. The van der Waals surface area contributed by atoms with Gasteiger partial charge in [-0.3, -0.25) is 14.4 Å².